The minimum Gasteiger partial charge on any atom is -0.478 e. The van der Waals surface area contributed by atoms with Gasteiger partial charge in [-0.3, -0.25) is 0 Å². The highest BCUT2D eigenvalue weighted by Gasteiger charge is 2.26. The summed E-state index contributed by atoms with van der Waals surface area (Å²) in [5.74, 6) is -1.18. The lowest BCUT2D eigenvalue weighted by Crippen LogP contribution is -2.21. The van der Waals surface area contributed by atoms with Crippen molar-refractivity contribution in [2.45, 2.75) is 6.18 Å². The molecule has 0 bridgehead atoms. The quantitative estimate of drug-likeness (QED) is 0.820. The molecule has 0 saturated carbocycles. The second kappa shape index (κ2) is 4.20. The molecule has 1 rings (SSSR count). The second-order valence-electron chi connectivity index (χ2n) is 2.85. The van der Waals surface area contributed by atoms with Crippen LogP contribution in [-0.2, 0) is 0 Å². The highest BCUT2D eigenvalue weighted by atomic mass is 19.4. The van der Waals surface area contributed by atoms with E-state index in [0.717, 1.165) is 6.07 Å². The van der Waals surface area contributed by atoms with Crippen molar-refractivity contribution in [3.63, 3.8) is 0 Å². The molecule has 0 aliphatic rings. The van der Waals surface area contributed by atoms with Gasteiger partial charge in [0.25, 0.3) is 0 Å². The highest BCUT2D eigenvalue weighted by Crippen LogP contribution is 2.17. The number of hydrogen-bond donors (Lipinski definition) is 2. The third kappa shape index (κ3) is 3.88. The van der Waals surface area contributed by atoms with Gasteiger partial charge in [-0.1, -0.05) is 6.07 Å². The van der Waals surface area contributed by atoms with Crippen LogP contribution >= 0.6 is 0 Å². The molecule has 15 heavy (non-hydrogen) atoms. The molecule has 6 heteroatoms. The molecule has 0 fully saturated rings. The van der Waals surface area contributed by atoms with Crippen LogP contribution in [0.25, 0.3) is 0 Å². The Balaban J connectivity index is 2.70. The van der Waals surface area contributed by atoms with Crippen molar-refractivity contribution in [2.24, 2.45) is 0 Å². The van der Waals surface area contributed by atoms with Crippen LogP contribution in [0.2, 0.25) is 0 Å². The summed E-state index contributed by atoms with van der Waals surface area (Å²) in [6.07, 6.45) is -4.32. The van der Waals surface area contributed by atoms with Gasteiger partial charge in [-0.2, -0.15) is 13.2 Å². The molecule has 0 unspecified atom stereocenters. The van der Waals surface area contributed by atoms with Gasteiger partial charge in [0.1, 0.15) is 6.54 Å². The Labute approximate surface area is 83.5 Å². The Hall–Kier alpha value is -1.72. The maximum atomic E-state index is 11.8. The van der Waals surface area contributed by atoms with Gasteiger partial charge in [-0.25, -0.2) is 4.79 Å². The lowest BCUT2D eigenvalue weighted by molar-refractivity contribution is -0.115. The van der Waals surface area contributed by atoms with Crippen molar-refractivity contribution < 1.29 is 23.1 Å². The molecule has 0 saturated heterocycles. The lowest BCUT2D eigenvalue weighted by atomic mass is 10.2. The van der Waals surface area contributed by atoms with Crippen molar-refractivity contribution in [2.75, 3.05) is 11.9 Å². The first kappa shape index (κ1) is 11.4. The first-order valence-corrected chi connectivity index (χ1v) is 4.02. The van der Waals surface area contributed by atoms with Crippen LogP contribution in [0, 0.1) is 0 Å². The number of carboxylic acid groups (broad SMARTS) is 1. The molecular weight excluding hydrogens is 211 g/mol. The van der Waals surface area contributed by atoms with E-state index in [1.165, 1.54) is 18.2 Å². The average Bonchev–Trinajstić information content (AvgIpc) is 2.14. The molecule has 1 aromatic carbocycles. The smallest absolute Gasteiger partial charge is 0.405 e. The summed E-state index contributed by atoms with van der Waals surface area (Å²) in [4.78, 5) is 10.5. The number of alkyl halides is 3. The molecule has 0 amide bonds. The predicted molar refractivity (Wildman–Crippen MR) is 47.9 cm³/mol. The molecule has 0 aliphatic heterocycles. The van der Waals surface area contributed by atoms with Crippen molar-refractivity contribution >= 4 is 11.7 Å². The molecule has 0 atom stereocenters. The van der Waals surface area contributed by atoms with E-state index in [-0.39, 0.29) is 11.3 Å². The summed E-state index contributed by atoms with van der Waals surface area (Å²) in [7, 11) is 0. The minimum absolute atomic E-state index is 0.0535. The summed E-state index contributed by atoms with van der Waals surface area (Å²) >= 11 is 0. The molecule has 0 radical (unpaired) electrons. The van der Waals surface area contributed by atoms with Crippen LogP contribution < -0.4 is 5.32 Å². The Morgan fingerprint density at radius 1 is 1.40 bits per heavy atom. The number of aromatic carboxylic acids is 1. The number of nitrogens with one attached hydrogen (secondary N) is 1. The maximum absolute atomic E-state index is 11.8. The van der Waals surface area contributed by atoms with E-state index < -0.39 is 18.7 Å². The second-order valence-corrected chi connectivity index (χ2v) is 2.85. The lowest BCUT2D eigenvalue weighted by Gasteiger charge is -2.09. The Kier molecular flexibility index (Phi) is 3.18. The summed E-state index contributed by atoms with van der Waals surface area (Å²) in [5, 5.41) is 10.7. The van der Waals surface area contributed by atoms with E-state index >= 15 is 0 Å². The van der Waals surface area contributed by atoms with Gasteiger partial charge >= 0.3 is 12.1 Å². The number of hydrogen-bond acceptors (Lipinski definition) is 2. The Morgan fingerprint density at radius 2 is 2.07 bits per heavy atom. The van der Waals surface area contributed by atoms with Crippen LogP contribution in [-0.4, -0.2) is 23.8 Å². The summed E-state index contributed by atoms with van der Waals surface area (Å²) in [6.45, 7) is -1.18. The van der Waals surface area contributed by atoms with Gasteiger partial charge in [0.2, 0.25) is 0 Å². The fraction of sp³-hybridized carbons (Fsp3) is 0.222. The molecule has 0 aliphatic carbocycles. The Bertz CT molecular complexity index is 363. The monoisotopic (exact) mass is 219 g/mol. The third-order valence-electron chi connectivity index (χ3n) is 1.60. The van der Waals surface area contributed by atoms with E-state index in [1.54, 1.807) is 0 Å². The van der Waals surface area contributed by atoms with Crippen molar-refractivity contribution in [3.8, 4) is 0 Å². The zero-order chi connectivity index (χ0) is 11.5. The minimum atomic E-state index is -4.32. The van der Waals surface area contributed by atoms with Gasteiger partial charge in [0.15, 0.2) is 0 Å². The number of benzene rings is 1. The molecule has 1 aromatic rings. The molecule has 0 spiro atoms. The van der Waals surface area contributed by atoms with Gasteiger partial charge in [-0.05, 0) is 18.2 Å². The fourth-order valence-electron chi connectivity index (χ4n) is 0.964. The average molecular weight is 219 g/mol. The number of halogens is 3. The van der Waals surface area contributed by atoms with E-state index in [0.29, 0.717) is 0 Å². The van der Waals surface area contributed by atoms with E-state index in [9.17, 15) is 18.0 Å². The molecule has 2 N–H and O–H groups in total. The fourth-order valence-corrected chi connectivity index (χ4v) is 0.964. The third-order valence-corrected chi connectivity index (χ3v) is 1.60. The standard InChI is InChI=1S/C9H8F3NO2/c10-9(11,12)5-13-7-3-1-2-6(4-7)8(14)15/h1-4,13H,5H2,(H,14,15). The first-order valence-electron chi connectivity index (χ1n) is 4.02. The number of carboxylic acids is 1. The van der Waals surface area contributed by atoms with Crippen molar-refractivity contribution in [1.29, 1.82) is 0 Å². The van der Waals surface area contributed by atoms with Gasteiger partial charge < -0.3 is 10.4 Å². The van der Waals surface area contributed by atoms with E-state index in [1.807, 2.05) is 0 Å². The van der Waals surface area contributed by atoms with E-state index in [2.05, 4.69) is 5.32 Å². The topological polar surface area (TPSA) is 49.3 Å². The summed E-state index contributed by atoms with van der Waals surface area (Å²) < 4.78 is 35.5. The molecular formula is C9H8F3NO2. The summed E-state index contributed by atoms with van der Waals surface area (Å²) in [6, 6.07) is 5.20. The maximum Gasteiger partial charge on any atom is 0.405 e. The highest BCUT2D eigenvalue weighted by molar-refractivity contribution is 5.88. The molecule has 82 valence electrons. The summed E-state index contributed by atoms with van der Waals surface area (Å²) in [5.41, 5.74) is 0.0781. The van der Waals surface area contributed by atoms with E-state index in [4.69, 9.17) is 5.11 Å². The van der Waals surface area contributed by atoms with Gasteiger partial charge in [0, 0.05) is 5.69 Å². The van der Waals surface area contributed by atoms with Crippen LogP contribution in [0.3, 0.4) is 0 Å². The Morgan fingerprint density at radius 3 is 2.60 bits per heavy atom. The number of carbonyl (C=O) groups is 1. The largest absolute Gasteiger partial charge is 0.478 e. The molecule has 0 heterocycles. The SMILES string of the molecule is O=C(O)c1cccc(NCC(F)(F)F)c1. The first-order chi connectivity index (χ1) is 6.88. The number of rotatable bonds is 3. The van der Waals surface area contributed by atoms with Crippen LogP contribution in [0.1, 0.15) is 10.4 Å². The molecule has 3 nitrogen and oxygen atoms in total. The number of anilines is 1. The van der Waals surface area contributed by atoms with Gasteiger partial charge in [-0.15, -0.1) is 0 Å². The van der Waals surface area contributed by atoms with Crippen LogP contribution in [0.5, 0.6) is 0 Å². The van der Waals surface area contributed by atoms with Crippen molar-refractivity contribution in [1.82, 2.24) is 0 Å². The zero-order valence-corrected chi connectivity index (χ0v) is 7.51. The van der Waals surface area contributed by atoms with Crippen molar-refractivity contribution in [3.05, 3.63) is 29.8 Å². The zero-order valence-electron chi connectivity index (χ0n) is 7.51. The molecule has 0 aromatic heterocycles. The van der Waals surface area contributed by atoms with Crippen LogP contribution in [0.4, 0.5) is 18.9 Å². The normalized spacial score (nSPS) is 11.1. The predicted octanol–water partition coefficient (Wildman–Crippen LogP) is 2.36. The van der Waals surface area contributed by atoms with Crippen LogP contribution in [0.15, 0.2) is 24.3 Å². The van der Waals surface area contributed by atoms with Gasteiger partial charge in [0.05, 0.1) is 5.56 Å².